The molecule has 1 aliphatic carbocycles. The smallest absolute Gasteiger partial charge is 0.349 e. The highest BCUT2D eigenvalue weighted by Crippen LogP contribution is 2.24. The van der Waals surface area contributed by atoms with Crippen LogP contribution in [0, 0.1) is 15.5 Å². The molecule has 0 saturated heterocycles. The summed E-state index contributed by atoms with van der Waals surface area (Å²) < 4.78 is 19.6. The summed E-state index contributed by atoms with van der Waals surface area (Å²) >= 11 is 0. The molecule has 0 heterocycles. The van der Waals surface area contributed by atoms with Crippen LogP contribution < -0.4 is 0 Å². The molecule has 0 saturated carbocycles. The zero-order chi connectivity index (χ0) is 26.3. The molecule has 0 aromatic heterocycles. The van der Waals surface area contributed by atoms with Gasteiger partial charge in [-0.15, -0.1) is 10.1 Å². The van der Waals surface area contributed by atoms with Gasteiger partial charge in [0.1, 0.15) is 11.2 Å². The molecule has 0 amide bonds. The first-order chi connectivity index (χ1) is 16.7. The van der Waals surface area contributed by atoms with Crippen molar-refractivity contribution < 1.29 is 58.3 Å². The van der Waals surface area contributed by atoms with Crippen LogP contribution in [0.4, 0.5) is 0 Å². The second-order valence-electron chi connectivity index (χ2n) is 7.32. The number of hydrogen-bond donors (Lipinski definition) is 2. The Morgan fingerprint density at radius 3 is 2.23 bits per heavy atom. The lowest BCUT2D eigenvalue weighted by Crippen LogP contribution is -2.40. The van der Waals surface area contributed by atoms with E-state index >= 15 is 0 Å². The van der Waals surface area contributed by atoms with Crippen LogP contribution in [0.1, 0.15) is 39.0 Å². The Morgan fingerprint density at radius 2 is 1.60 bits per heavy atom. The van der Waals surface area contributed by atoms with Gasteiger partial charge in [-0.3, -0.25) is 4.79 Å². The second-order valence-corrected chi connectivity index (χ2v) is 7.32. The molecule has 0 spiro atoms. The highest BCUT2D eigenvalue weighted by Gasteiger charge is 2.38. The van der Waals surface area contributed by atoms with E-state index in [-0.39, 0.29) is 37.4 Å². The van der Waals surface area contributed by atoms with Crippen LogP contribution >= 0.6 is 0 Å². The van der Waals surface area contributed by atoms with Gasteiger partial charge >= 0.3 is 23.9 Å². The van der Waals surface area contributed by atoms with Crippen LogP contribution in [0.3, 0.4) is 0 Å². The second kappa shape index (κ2) is 15.4. The molecule has 35 heavy (non-hydrogen) atoms. The number of nitrogens with zero attached hydrogens (tertiary/aromatic N) is 1. The van der Waals surface area contributed by atoms with Crippen molar-refractivity contribution in [1.29, 1.82) is 0 Å². The Bertz CT molecular complexity index is 821. The standard InChI is InChI=1S/C21H29NO13/c1-2-21(13-23,14-24)20(28)33-12-18(26)35-16-8-4-3-7-15(16)19(27)32-11-17(25)31-9-5-6-10-34-22(29)30/h7-8,23-24H,2-6,9-14H2,1H3. The van der Waals surface area contributed by atoms with Crippen LogP contribution in [-0.2, 0) is 43.0 Å². The summed E-state index contributed by atoms with van der Waals surface area (Å²) in [4.78, 5) is 62.4. The number of esters is 4. The van der Waals surface area contributed by atoms with Gasteiger partial charge in [-0.25, -0.2) is 14.4 Å². The molecule has 0 aliphatic heterocycles. The van der Waals surface area contributed by atoms with Gasteiger partial charge in [0, 0.05) is 0 Å². The number of unbranched alkanes of at least 4 members (excludes halogenated alkanes) is 1. The number of allylic oxidation sites excluding steroid dienone is 2. The van der Waals surface area contributed by atoms with Crippen molar-refractivity contribution in [3.05, 3.63) is 33.6 Å². The lowest BCUT2D eigenvalue weighted by Gasteiger charge is -2.25. The van der Waals surface area contributed by atoms with Gasteiger partial charge in [0.05, 0.1) is 32.0 Å². The number of rotatable bonds is 16. The number of aliphatic hydroxyl groups excluding tert-OH is 2. The van der Waals surface area contributed by atoms with Gasteiger partial charge in [-0.1, -0.05) is 13.0 Å². The first kappa shape index (κ1) is 29.5. The minimum absolute atomic E-state index is 0.0481. The van der Waals surface area contributed by atoms with Crippen molar-refractivity contribution >= 4 is 23.9 Å². The lowest BCUT2D eigenvalue weighted by atomic mass is 9.87. The number of carbonyl (C=O) groups excluding carboxylic acids is 4. The minimum Gasteiger partial charge on any atom is -0.463 e. The summed E-state index contributed by atoms with van der Waals surface area (Å²) in [6, 6.07) is 0. The SMILES string of the molecule is CCC(CO)(CO)C(=O)OCC(=O)OC1=CCCC=C1C(=O)OCC(=O)OCCCCO[N+](=O)[O-]. The third-order valence-corrected chi connectivity index (χ3v) is 4.91. The van der Waals surface area contributed by atoms with Crippen molar-refractivity contribution in [3.63, 3.8) is 0 Å². The van der Waals surface area contributed by atoms with E-state index in [0.717, 1.165) is 0 Å². The van der Waals surface area contributed by atoms with Crippen molar-refractivity contribution in [1.82, 2.24) is 0 Å². The van der Waals surface area contributed by atoms with Crippen molar-refractivity contribution in [2.75, 3.05) is 39.6 Å². The third-order valence-electron chi connectivity index (χ3n) is 4.91. The predicted octanol–water partition coefficient (Wildman–Crippen LogP) is 0.133. The van der Waals surface area contributed by atoms with Crippen molar-refractivity contribution in [3.8, 4) is 0 Å². The topological polar surface area (TPSA) is 198 Å². The van der Waals surface area contributed by atoms with E-state index in [1.165, 1.54) is 12.2 Å². The van der Waals surface area contributed by atoms with E-state index in [0.29, 0.717) is 19.3 Å². The van der Waals surface area contributed by atoms with Gasteiger partial charge in [0.2, 0.25) is 0 Å². The summed E-state index contributed by atoms with van der Waals surface area (Å²) in [5.41, 5.74) is -1.65. The normalized spacial score (nSPS) is 13.1. The maximum atomic E-state index is 12.3. The lowest BCUT2D eigenvalue weighted by molar-refractivity contribution is -0.757. The fourth-order valence-corrected chi connectivity index (χ4v) is 2.68. The summed E-state index contributed by atoms with van der Waals surface area (Å²) in [5, 5.41) is 27.8. The van der Waals surface area contributed by atoms with Crippen LogP contribution in [0.2, 0.25) is 0 Å². The van der Waals surface area contributed by atoms with E-state index in [9.17, 15) is 39.5 Å². The van der Waals surface area contributed by atoms with Crippen molar-refractivity contribution in [2.24, 2.45) is 5.41 Å². The quantitative estimate of drug-likeness (QED) is 0.0948. The van der Waals surface area contributed by atoms with E-state index in [4.69, 9.17) is 18.9 Å². The predicted molar refractivity (Wildman–Crippen MR) is 113 cm³/mol. The first-order valence-electron chi connectivity index (χ1n) is 10.8. The van der Waals surface area contributed by atoms with Crippen LogP contribution in [0.25, 0.3) is 0 Å². The fraction of sp³-hybridized carbons (Fsp3) is 0.619. The van der Waals surface area contributed by atoms with Crippen LogP contribution in [0.15, 0.2) is 23.5 Å². The Labute approximate surface area is 200 Å². The third kappa shape index (κ3) is 10.1. The van der Waals surface area contributed by atoms with Gasteiger partial charge in [0.25, 0.3) is 5.09 Å². The monoisotopic (exact) mass is 503 g/mol. The van der Waals surface area contributed by atoms with Crippen LogP contribution in [0.5, 0.6) is 0 Å². The largest absolute Gasteiger partial charge is 0.463 e. The molecule has 0 fully saturated rings. The Balaban J connectivity index is 2.47. The summed E-state index contributed by atoms with van der Waals surface area (Å²) in [6.07, 6.45) is 4.49. The highest BCUT2D eigenvalue weighted by molar-refractivity contribution is 5.95. The van der Waals surface area contributed by atoms with Gasteiger partial charge < -0.3 is 34.0 Å². The molecule has 0 bridgehead atoms. The first-order valence-corrected chi connectivity index (χ1v) is 10.8. The highest BCUT2D eigenvalue weighted by atomic mass is 16.9. The molecular weight excluding hydrogens is 474 g/mol. The molecule has 0 aromatic rings. The molecule has 1 aliphatic rings. The van der Waals surface area contributed by atoms with Crippen LogP contribution in [-0.4, -0.2) is 78.8 Å². The zero-order valence-electron chi connectivity index (χ0n) is 19.3. The summed E-state index contributed by atoms with van der Waals surface area (Å²) in [6.45, 7) is -1.49. The summed E-state index contributed by atoms with van der Waals surface area (Å²) in [7, 11) is 0. The molecule has 1 rings (SSSR count). The number of ether oxygens (including phenoxy) is 4. The molecule has 0 radical (unpaired) electrons. The van der Waals surface area contributed by atoms with Gasteiger partial charge in [-0.2, -0.15) is 0 Å². The van der Waals surface area contributed by atoms with Gasteiger partial charge in [0.15, 0.2) is 13.2 Å². The van der Waals surface area contributed by atoms with Crippen molar-refractivity contribution in [2.45, 2.75) is 39.0 Å². The molecule has 14 heteroatoms. The Kier molecular flexibility index (Phi) is 13.0. The molecular formula is C21H29NO13. The number of hydrogen-bond acceptors (Lipinski definition) is 13. The maximum Gasteiger partial charge on any atom is 0.349 e. The Morgan fingerprint density at radius 1 is 0.971 bits per heavy atom. The summed E-state index contributed by atoms with van der Waals surface area (Å²) in [5.74, 6) is -3.90. The minimum atomic E-state index is -1.54. The molecule has 2 N–H and O–H groups in total. The number of carbonyl (C=O) groups is 4. The molecule has 0 aromatic carbocycles. The molecule has 0 atom stereocenters. The Hall–Kier alpha value is -3.52. The van der Waals surface area contributed by atoms with E-state index in [1.54, 1.807) is 6.92 Å². The van der Waals surface area contributed by atoms with E-state index < -0.39 is 60.8 Å². The average molecular weight is 503 g/mol. The molecule has 0 unspecified atom stereocenters. The molecule has 14 nitrogen and oxygen atoms in total. The zero-order valence-corrected chi connectivity index (χ0v) is 19.3. The maximum absolute atomic E-state index is 12.3. The van der Waals surface area contributed by atoms with Gasteiger partial charge in [-0.05, 0) is 38.2 Å². The fourth-order valence-electron chi connectivity index (χ4n) is 2.68. The van der Waals surface area contributed by atoms with E-state index in [1.807, 2.05) is 0 Å². The number of aliphatic hydroxyl groups is 2. The van der Waals surface area contributed by atoms with E-state index in [2.05, 4.69) is 4.84 Å². The molecule has 196 valence electrons. The average Bonchev–Trinajstić information content (AvgIpc) is 2.85.